The van der Waals surface area contributed by atoms with Crippen LogP contribution in [0.4, 0.5) is 8.78 Å². The standard InChI is InChI=1S/C13H14F2O3/c1-8(12(17)18)7-10-3-5-11(6-4-10)13(14,15)9(2)16/h3-6,8H,7H2,1-2H3,(H,17,18). The summed E-state index contributed by atoms with van der Waals surface area (Å²) in [5.41, 5.74) is 0.273. The van der Waals surface area contributed by atoms with Crippen LogP contribution in [0.25, 0.3) is 0 Å². The Labute approximate surface area is 103 Å². The van der Waals surface area contributed by atoms with Crippen molar-refractivity contribution in [2.75, 3.05) is 0 Å². The highest BCUT2D eigenvalue weighted by atomic mass is 19.3. The highest BCUT2D eigenvalue weighted by molar-refractivity contribution is 5.84. The van der Waals surface area contributed by atoms with Crippen molar-refractivity contribution in [3.8, 4) is 0 Å². The molecule has 3 nitrogen and oxygen atoms in total. The van der Waals surface area contributed by atoms with Gasteiger partial charge in [-0.25, -0.2) is 0 Å². The fourth-order valence-electron chi connectivity index (χ4n) is 1.49. The van der Waals surface area contributed by atoms with Gasteiger partial charge in [-0.15, -0.1) is 0 Å². The Morgan fingerprint density at radius 3 is 2.17 bits per heavy atom. The summed E-state index contributed by atoms with van der Waals surface area (Å²) >= 11 is 0. The number of ketones is 1. The lowest BCUT2D eigenvalue weighted by Crippen LogP contribution is -2.23. The lowest BCUT2D eigenvalue weighted by molar-refractivity contribution is -0.142. The van der Waals surface area contributed by atoms with Gasteiger partial charge in [-0.3, -0.25) is 9.59 Å². The van der Waals surface area contributed by atoms with Crippen molar-refractivity contribution in [1.29, 1.82) is 0 Å². The molecule has 0 saturated carbocycles. The van der Waals surface area contributed by atoms with Crippen molar-refractivity contribution in [3.05, 3.63) is 35.4 Å². The number of carboxylic acid groups (broad SMARTS) is 1. The Hall–Kier alpha value is -1.78. The minimum Gasteiger partial charge on any atom is -0.481 e. The van der Waals surface area contributed by atoms with E-state index in [-0.39, 0.29) is 12.0 Å². The van der Waals surface area contributed by atoms with E-state index in [9.17, 15) is 18.4 Å². The van der Waals surface area contributed by atoms with Crippen LogP contribution in [-0.4, -0.2) is 16.9 Å². The molecule has 1 rings (SSSR count). The van der Waals surface area contributed by atoms with E-state index < -0.39 is 23.6 Å². The van der Waals surface area contributed by atoms with E-state index >= 15 is 0 Å². The zero-order valence-corrected chi connectivity index (χ0v) is 10.1. The summed E-state index contributed by atoms with van der Waals surface area (Å²) in [6.07, 6.45) is 0.265. The van der Waals surface area contributed by atoms with Crippen molar-refractivity contribution >= 4 is 11.8 Å². The molecular formula is C13H14F2O3. The highest BCUT2D eigenvalue weighted by Gasteiger charge is 2.37. The van der Waals surface area contributed by atoms with Crippen LogP contribution in [0, 0.1) is 5.92 Å². The maximum Gasteiger partial charge on any atom is 0.330 e. The van der Waals surface area contributed by atoms with Gasteiger partial charge >= 0.3 is 11.9 Å². The summed E-state index contributed by atoms with van der Waals surface area (Å²) in [5.74, 6) is -6.22. The monoisotopic (exact) mass is 256 g/mol. The number of Topliss-reactive ketones (excluding diaryl/α,β-unsaturated/α-hetero) is 1. The van der Waals surface area contributed by atoms with Crippen LogP contribution in [0.15, 0.2) is 24.3 Å². The van der Waals surface area contributed by atoms with E-state index in [1.165, 1.54) is 12.1 Å². The molecule has 18 heavy (non-hydrogen) atoms. The molecule has 1 aromatic rings. The Morgan fingerprint density at radius 2 is 1.78 bits per heavy atom. The zero-order chi connectivity index (χ0) is 13.9. The number of alkyl halides is 2. The van der Waals surface area contributed by atoms with Crippen molar-refractivity contribution < 1.29 is 23.5 Å². The summed E-state index contributed by atoms with van der Waals surface area (Å²) in [7, 11) is 0. The lowest BCUT2D eigenvalue weighted by atomic mass is 9.98. The molecule has 0 aliphatic heterocycles. The first-order chi connectivity index (χ1) is 8.25. The van der Waals surface area contributed by atoms with Gasteiger partial charge in [-0.05, 0) is 12.0 Å². The Morgan fingerprint density at radius 1 is 1.28 bits per heavy atom. The fourth-order valence-corrected chi connectivity index (χ4v) is 1.49. The number of hydrogen-bond acceptors (Lipinski definition) is 2. The first-order valence-corrected chi connectivity index (χ1v) is 5.46. The summed E-state index contributed by atoms with van der Waals surface area (Å²) < 4.78 is 26.7. The Balaban J connectivity index is 2.87. The molecule has 0 heterocycles. The number of carbonyl (C=O) groups is 2. The van der Waals surface area contributed by atoms with Gasteiger partial charge in [0, 0.05) is 12.5 Å². The molecule has 0 aliphatic rings. The van der Waals surface area contributed by atoms with E-state index in [1.807, 2.05) is 0 Å². The molecule has 0 fully saturated rings. The molecule has 5 heteroatoms. The average Bonchev–Trinajstić information content (AvgIpc) is 2.29. The third-order valence-corrected chi connectivity index (χ3v) is 2.72. The molecule has 0 radical (unpaired) electrons. The van der Waals surface area contributed by atoms with Crippen LogP contribution in [0.2, 0.25) is 0 Å². The van der Waals surface area contributed by atoms with Gasteiger partial charge in [-0.2, -0.15) is 8.78 Å². The number of rotatable bonds is 5. The number of halogens is 2. The minimum atomic E-state index is -3.49. The largest absolute Gasteiger partial charge is 0.481 e. The number of aliphatic carboxylic acids is 1. The first kappa shape index (κ1) is 14.3. The molecule has 0 amide bonds. The molecule has 0 aromatic heterocycles. The van der Waals surface area contributed by atoms with E-state index in [2.05, 4.69) is 0 Å². The van der Waals surface area contributed by atoms with Crippen LogP contribution in [0.3, 0.4) is 0 Å². The average molecular weight is 256 g/mol. The molecule has 1 aromatic carbocycles. The van der Waals surface area contributed by atoms with Crippen LogP contribution < -0.4 is 0 Å². The van der Waals surface area contributed by atoms with E-state index in [0.717, 1.165) is 19.1 Å². The zero-order valence-electron chi connectivity index (χ0n) is 10.1. The Bertz CT molecular complexity index is 452. The van der Waals surface area contributed by atoms with Crippen molar-refractivity contribution in [2.24, 2.45) is 5.92 Å². The smallest absolute Gasteiger partial charge is 0.330 e. The van der Waals surface area contributed by atoms with Crippen molar-refractivity contribution in [3.63, 3.8) is 0 Å². The Kier molecular flexibility index (Phi) is 4.16. The van der Waals surface area contributed by atoms with Crippen LogP contribution >= 0.6 is 0 Å². The third kappa shape index (κ3) is 3.12. The van der Waals surface area contributed by atoms with Crippen LogP contribution in [0.1, 0.15) is 25.0 Å². The molecule has 0 bridgehead atoms. The number of hydrogen-bond donors (Lipinski definition) is 1. The maximum absolute atomic E-state index is 13.4. The highest BCUT2D eigenvalue weighted by Crippen LogP contribution is 2.29. The quantitative estimate of drug-likeness (QED) is 0.881. The third-order valence-electron chi connectivity index (χ3n) is 2.72. The van der Waals surface area contributed by atoms with Gasteiger partial charge in [0.1, 0.15) is 0 Å². The SMILES string of the molecule is CC(=O)C(F)(F)c1ccc(CC(C)C(=O)O)cc1. The second-order valence-corrected chi connectivity index (χ2v) is 4.27. The van der Waals surface area contributed by atoms with Gasteiger partial charge in [0.15, 0.2) is 0 Å². The second kappa shape index (κ2) is 5.25. The number of benzene rings is 1. The van der Waals surface area contributed by atoms with E-state index in [4.69, 9.17) is 5.11 Å². The molecular weight excluding hydrogens is 242 g/mol. The predicted octanol–water partition coefficient (Wildman–Crippen LogP) is 2.63. The number of carbonyl (C=O) groups excluding carboxylic acids is 1. The molecule has 1 N–H and O–H groups in total. The summed E-state index contributed by atoms with van der Waals surface area (Å²) in [6.45, 7) is 2.38. The van der Waals surface area contributed by atoms with Crippen LogP contribution in [0.5, 0.6) is 0 Å². The van der Waals surface area contributed by atoms with E-state index in [1.54, 1.807) is 6.92 Å². The molecule has 98 valence electrons. The van der Waals surface area contributed by atoms with Gasteiger partial charge in [-0.1, -0.05) is 31.2 Å². The van der Waals surface area contributed by atoms with Gasteiger partial charge in [0.2, 0.25) is 5.78 Å². The van der Waals surface area contributed by atoms with Gasteiger partial charge in [0.05, 0.1) is 5.92 Å². The molecule has 1 atom stereocenters. The lowest BCUT2D eigenvalue weighted by Gasteiger charge is -2.14. The summed E-state index contributed by atoms with van der Waals surface area (Å²) in [6, 6.07) is 5.16. The minimum absolute atomic E-state index is 0.265. The topological polar surface area (TPSA) is 54.4 Å². The van der Waals surface area contributed by atoms with Crippen LogP contribution in [-0.2, 0) is 21.9 Å². The normalized spacial score (nSPS) is 13.1. The van der Waals surface area contributed by atoms with Crippen molar-refractivity contribution in [1.82, 2.24) is 0 Å². The summed E-state index contributed by atoms with van der Waals surface area (Å²) in [5, 5.41) is 8.74. The fraction of sp³-hybridized carbons (Fsp3) is 0.385. The number of carboxylic acids is 1. The first-order valence-electron chi connectivity index (χ1n) is 5.46. The molecule has 1 unspecified atom stereocenters. The van der Waals surface area contributed by atoms with Gasteiger partial charge < -0.3 is 5.11 Å². The molecule has 0 spiro atoms. The second-order valence-electron chi connectivity index (χ2n) is 4.27. The maximum atomic E-state index is 13.4. The molecule has 0 saturated heterocycles. The molecule has 0 aliphatic carbocycles. The van der Waals surface area contributed by atoms with Crippen molar-refractivity contribution in [2.45, 2.75) is 26.2 Å². The predicted molar refractivity (Wildman–Crippen MR) is 61.5 cm³/mol. The van der Waals surface area contributed by atoms with Gasteiger partial charge in [0.25, 0.3) is 0 Å². The summed E-state index contributed by atoms with van der Waals surface area (Å²) in [4.78, 5) is 21.4. The van der Waals surface area contributed by atoms with E-state index in [0.29, 0.717) is 5.56 Å².